The number of rotatable bonds is 5. The Kier molecular flexibility index (Phi) is 8.24. The van der Waals surface area contributed by atoms with Crippen molar-refractivity contribution in [1.82, 2.24) is 4.90 Å². The van der Waals surface area contributed by atoms with Gasteiger partial charge in [0.15, 0.2) is 5.78 Å². The van der Waals surface area contributed by atoms with Crippen LogP contribution in [0.5, 0.6) is 0 Å². The van der Waals surface area contributed by atoms with E-state index in [4.69, 9.17) is 17.5 Å². The van der Waals surface area contributed by atoms with Gasteiger partial charge in [-0.1, -0.05) is 44.2 Å². The van der Waals surface area contributed by atoms with Crippen LogP contribution in [0.3, 0.4) is 0 Å². The van der Waals surface area contributed by atoms with Crippen molar-refractivity contribution in [2.75, 3.05) is 13.1 Å². The van der Waals surface area contributed by atoms with E-state index in [-0.39, 0.29) is 11.8 Å². The summed E-state index contributed by atoms with van der Waals surface area (Å²) in [6.07, 6.45) is 0. The van der Waals surface area contributed by atoms with E-state index in [9.17, 15) is 4.79 Å². The molecule has 0 aliphatic rings. The Balaban J connectivity index is 0.000000621. The monoisotopic (exact) mass is 303 g/mol. The first-order valence-electron chi connectivity index (χ1n) is 6.23. The predicted molar refractivity (Wildman–Crippen MR) is 77.3 cm³/mol. The first-order valence-corrected chi connectivity index (χ1v) is 7.63. The molecule has 1 atom stereocenters. The number of carbonyl (C=O) groups excluding carboxylic acids is 1. The highest BCUT2D eigenvalue weighted by Gasteiger charge is 2.19. The van der Waals surface area contributed by atoms with Crippen LogP contribution in [-0.2, 0) is 10.4 Å². The number of hydrogen-bond acceptors (Lipinski definition) is 4. The van der Waals surface area contributed by atoms with E-state index in [0.717, 1.165) is 18.7 Å². The predicted octanol–water partition coefficient (Wildman–Crippen LogP) is 1.95. The van der Waals surface area contributed by atoms with E-state index < -0.39 is 10.4 Å². The van der Waals surface area contributed by atoms with E-state index >= 15 is 0 Å². The van der Waals surface area contributed by atoms with Crippen LogP contribution < -0.4 is 0 Å². The molecule has 0 spiro atoms. The van der Waals surface area contributed by atoms with Gasteiger partial charge in [-0.05, 0) is 20.0 Å². The Morgan fingerprint density at radius 2 is 1.55 bits per heavy atom. The molecule has 0 amide bonds. The van der Waals surface area contributed by atoms with Crippen molar-refractivity contribution in [1.29, 1.82) is 0 Å². The van der Waals surface area contributed by atoms with Crippen LogP contribution in [0.25, 0.3) is 0 Å². The van der Waals surface area contributed by atoms with Crippen molar-refractivity contribution in [3.63, 3.8) is 0 Å². The zero-order valence-corrected chi connectivity index (χ0v) is 12.7. The molecule has 0 bridgehead atoms. The van der Waals surface area contributed by atoms with Gasteiger partial charge in [-0.25, -0.2) is 0 Å². The van der Waals surface area contributed by atoms with Crippen LogP contribution in [0.4, 0.5) is 0 Å². The second-order valence-corrected chi connectivity index (χ2v) is 4.97. The summed E-state index contributed by atoms with van der Waals surface area (Å²) in [5.74, 6) is 0.208. The lowest BCUT2D eigenvalue weighted by Gasteiger charge is -2.25. The maximum atomic E-state index is 12.1. The van der Waals surface area contributed by atoms with Gasteiger partial charge in [0.2, 0.25) is 0 Å². The molecule has 0 radical (unpaired) electrons. The third-order valence-electron chi connectivity index (χ3n) is 2.80. The standard InChI is InChI=1S/C13H19NO.H2O4S/c1-4-14(5-2)11(3)13(15)12-9-7-6-8-10-12;1-5(2,3)4/h6-11H,4-5H2,1-3H3;(H2,1,2,3,4). The summed E-state index contributed by atoms with van der Waals surface area (Å²) >= 11 is 0. The van der Waals surface area contributed by atoms with Gasteiger partial charge < -0.3 is 0 Å². The highest BCUT2D eigenvalue weighted by molar-refractivity contribution is 7.79. The molecule has 0 saturated carbocycles. The fourth-order valence-corrected chi connectivity index (χ4v) is 1.78. The van der Waals surface area contributed by atoms with Gasteiger partial charge in [0.25, 0.3) is 0 Å². The Labute approximate surface area is 120 Å². The molecule has 7 heteroatoms. The highest BCUT2D eigenvalue weighted by Crippen LogP contribution is 2.08. The fourth-order valence-electron chi connectivity index (χ4n) is 1.78. The molecule has 114 valence electrons. The molecular weight excluding hydrogens is 282 g/mol. The average molecular weight is 303 g/mol. The molecule has 20 heavy (non-hydrogen) atoms. The molecule has 6 nitrogen and oxygen atoms in total. The summed E-state index contributed by atoms with van der Waals surface area (Å²) in [5, 5.41) is 0. The van der Waals surface area contributed by atoms with Crippen LogP contribution >= 0.6 is 0 Å². The van der Waals surface area contributed by atoms with Gasteiger partial charge in [-0.15, -0.1) is 0 Å². The van der Waals surface area contributed by atoms with Gasteiger partial charge in [-0.2, -0.15) is 8.42 Å². The number of ketones is 1. The van der Waals surface area contributed by atoms with E-state index in [1.165, 1.54) is 0 Å². The number of hydrogen-bond donors (Lipinski definition) is 2. The lowest BCUT2D eigenvalue weighted by atomic mass is 10.0. The Hall–Kier alpha value is -1.28. The lowest BCUT2D eigenvalue weighted by Crippen LogP contribution is -2.38. The second-order valence-electron chi connectivity index (χ2n) is 4.08. The molecule has 0 saturated heterocycles. The van der Waals surface area contributed by atoms with E-state index in [1.807, 2.05) is 37.3 Å². The summed E-state index contributed by atoms with van der Waals surface area (Å²) in [4.78, 5) is 14.2. The minimum Gasteiger partial charge on any atom is -0.294 e. The van der Waals surface area contributed by atoms with Gasteiger partial charge in [0.05, 0.1) is 6.04 Å². The third kappa shape index (κ3) is 8.00. The minimum atomic E-state index is -4.67. The number of likely N-dealkylation sites (N-methyl/N-ethyl adjacent to an activating group) is 1. The summed E-state index contributed by atoms with van der Waals surface area (Å²) in [6.45, 7) is 7.96. The van der Waals surface area contributed by atoms with Gasteiger partial charge in [-0.3, -0.25) is 18.8 Å². The normalized spacial score (nSPS) is 12.5. The first kappa shape index (κ1) is 18.7. The van der Waals surface area contributed by atoms with Gasteiger partial charge in [0, 0.05) is 5.56 Å². The van der Waals surface area contributed by atoms with Crippen molar-refractivity contribution in [3.05, 3.63) is 35.9 Å². The van der Waals surface area contributed by atoms with Crippen LogP contribution in [0.1, 0.15) is 31.1 Å². The van der Waals surface area contributed by atoms with Crippen molar-refractivity contribution >= 4 is 16.2 Å². The van der Waals surface area contributed by atoms with E-state index in [2.05, 4.69) is 18.7 Å². The summed E-state index contributed by atoms with van der Waals surface area (Å²) < 4.78 is 31.6. The van der Waals surface area contributed by atoms with Crippen LogP contribution in [0, 0.1) is 0 Å². The lowest BCUT2D eigenvalue weighted by molar-refractivity contribution is 0.0851. The molecule has 2 N–H and O–H groups in total. The molecule has 0 aliphatic heterocycles. The number of nitrogens with zero attached hydrogens (tertiary/aromatic N) is 1. The van der Waals surface area contributed by atoms with Crippen molar-refractivity contribution in [2.45, 2.75) is 26.8 Å². The van der Waals surface area contributed by atoms with Gasteiger partial charge >= 0.3 is 10.4 Å². The molecule has 1 rings (SSSR count). The fraction of sp³-hybridized carbons (Fsp3) is 0.462. The molecule has 0 fully saturated rings. The van der Waals surface area contributed by atoms with Crippen LogP contribution in [0.15, 0.2) is 30.3 Å². The zero-order valence-electron chi connectivity index (χ0n) is 11.9. The third-order valence-corrected chi connectivity index (χ3v) is 2.80. The molecule has 0 aromatic heterocycles. The highest BCUT2D eigenvalue weighted by atomic mass is 32.3. The van der Waals surface area contributed by atoms with E-state index in [0.29, 0.717) is 0 Å². The van der Waals surface area contributed by atoms with E-state index in [1.54, 1.807) is 0 Å². The molecular formula is C13H21NO5S. The Morgan fingerprint density at radius 3 is 1.90 bits per heavy atom. The largest absolute Gasteiger partial charge is 0.394 e. The van der Waals surface area contributed by atoms with Crippen molar-refractivity contribution in [2.24, 2.45) is 0 Å². The topological polar surface area (TPSA) is 94.9 Å². The molecule has 0 aliphatic carbocycles. The number of benzene rings is 1. The average Bonchev–Trinajstić information content (AvgIpc) is 2.38. The summed E-state index contributed by atoms with van der Waals surface area (Å²) in [7, 11) is -4.67. The van der Waals surface area contributed by atoms with Crippen molar-refractivity contribution in [3.8, 4) is 0 Å². The first-order chi connectivity index (χ1) is 9.20. The summed E-state index contributed by atoms with van der Waals surface area (Å²) in [6, 6.07) is 9.47. The molecule has 1 aromatic carbocycles. The SMILES string of the molecule is CCN(CC)C(C)C(=O)c1ccccc1.O=S(=O)(O)O. The maximum absolute atomic E-state index is 12.1. The molecule has 0 heterocycles. The van der Waals surface area contributed by atoms with Crippen molar-refractivity contribution < 1.29 is 22.3 Å². The quantitative estimate of drug-likeness (QED) is 0.637. The zero-order chi connectivity index (χ0) is 15.8. The summed E-state index contributed by atoms with van der Waals surface area (Å²) in [5.41, 5.74) is 0.803. The number of carbonyl (C=O) groups is 1. The van der Waals surface area contributed by atoms with Crippen LogP contribution in [0.2, 0.25) is 0 Å². The number of Topliss-reactive ketones (excluding diaryl/α,β-unsaturated/α-hetero) is 1. The minimum absolute atomic E-state index is 0.0256. The van der Waals surface area contributed by atoms with Gasteiger partial charge in [0.1, 0.15) is 0 Å². The second kappa shape index (κ2) is 8.80. The smallest absolute Gasteiger partial charge is 0.294 e. The maximum Gasteiger partial charge on any atom is 0.394 e. The molecule has 1 aromatic rings. The van der Waals surface area contributed by atoms with Crippen LogP contribution in [-0.4, -0.2) is 47.3 Å². The Bertz CT molecular complexity index is 489. The molecule has 1 unspecified atom stereocenters. The Morgan fingerprint density at radius 1 is 1.15 bits per heavy atom.